The predicted octanol–water partition coefficient (Wildman–Crippen LogP) is 1.71. The van der Waals surface area contributed by atoms with Gasteiger partial charge in [-0.05, 0) is 25.0 Å². The van der Waals surface area contributed by atoms with Crippen molar-refractivity contribution in [2.24, 2.45) is 7.05 Å². The molecule has 1 aromatic heterocycles. The van der Waals surface area contributed by atoms with E-state index in [-0.39, 0.29) is 17.3 Å². The van der Waals surface area contributed by atoms with Gasteiger partial charge in [-0.25, -0.2) is 4.79 Å². The highest BCUT2D eigenvalue weighted by molar-refractivity contribution is 5.88. The van der Waals surface area contributed by atoms with Gasteiger partial charge in [-0.3, -0.25) is 4.79 Å². The van der Waals surface area contributed by atoms with Gasteiger partial charge < -0.3 is 19.9 Å². The van der Waals surface area contributed by atoms with E-state index in [0.717, 1.165) is 25.9 Å². The molecule has 0 bridgehead atoms. The molecule has 20 heavy (non-hydrogen) atoms. The number of aromatic nitrogens is 1. The van der Waals surface area contributed by atoms with E-state index in [1.165, 1.54) is 4.57 Å². The summed E-state index contributed by atoms with van der Waals surface area (Å²) in [5.74, 6) is 0. The first-order valence-corrected chi connectivity index (χ1v) is 6.93. The van der Waals surface area contributed by atoms with Crippen molar-refractivity contribution < 1.29 is 9.53 Å². The van der Waals surface area contributed by atoms with Crippen LogP contribution in [0.4, 0.5) is 10.5 Å². The van der Waals surface area contributed by atoms with Gasteiger partial charge in [0.25, 0.3) is 5.56 Å². The van der Waals surface area contributed by atoms with Crippen molar-refractivity contribution in [1.82, 2.24) is 9.88 Å². The Morgan fingerprint density at radius 1 is 1.35 bits per heavy atom. The zero-order chi connectivity index (χ0) is 14.8. The van der Waals surface area contributed by atoms with Gasteiger partial charge in [0.2, 0.25) is 0 Å². The van der Waals surface area contributed by atoms with Crippen LogP contribution < -0.4 is 16.2 Å². The number of nitrogens with one attached hydrogen (secondary N) is 2. The van der Waals surface area contributed by atoms with Crippen LogP contribution in [0.25, 0.3) is 0 Å². The van der Waals surface area contributed by atoms with E-state index in [4.69, 9.17) is 4.74 Å². The molecule has 1 rings (SSSR count). The lowest BCUT2D eigenvalue weighted by molar-refractivity contribution is 0.129. The van der Waals surface area contributed by atoms with Crippen molar-refractivity contribution >= 4 is 11.7 Å². The van der Waals surface area contributed by atoms with Crippen LogP contribution in [-0.4, -0.2) is 30.4 Å². The Morgan fingerprint density at radius 2 is 2.10 bits per heavy atom. The van der Waals surface area contributed by atoms with Crippen molar-refractivity contribution in [3.05, 3.63) is 28.7 Å². The number of nitrogens with zero attached hydrogens (tertiary/aromatic N) is 1. The molecule has 0 aliphatic rings. The molecule has 1 heterocycles. The topological polar surface area (TPSA) is 72.4 Å². The molecule has 0 atom stereocenters. The first-order chi connectivity index (χ1) is 9.65. The number of anilines is 1. The zero-order valence-corrected chi connectivity index (χ0v) is 12.1. The smallest absolute Gasteiger partial charge is 0.319 e. The minimum Gasteiger partial charge on any atom is -0.381 e. The maximum absolute atomic E-state index is 11.7. The minimum absolute atomic E-state index is 0.231. The van der Waals surface area contributed by atoms with Crippen molar-refractivity contribution in [2.75, 3.05) is 25.1 Å². The van der Waals surface area contributed by atoms with E-state index < -0.39 is 0 Å². The molecule has 0 aliphatic carbocycles. The van der Waals surface area contributed by atoms with Gasteiger partial charge in [-0.1, -0.05) is 13.3 Å². The number of unbranched alkanes of at least 4 members (excludes halogenated alkanes) is 1. The van der Waals surface area contributed by atoms with Gasteiger partial charge in [-0.2, -0.15) is 0 Å². The van der Waals surface area contributed by atoms with Gasteiger partial charge >= 0.3 is 6.03 Å². The number of aryl methyl sites for hydroxylation is 1. The Morgan fingerprint density at radius 3 is 2.85 bits per heavy atom. The van der Waals surface area contributed by atoms with E-state index in [1.54, 1.807) is 25.4 Å². The third-order valence-electron chi connectivity index (χ3n) is 2.76. The fraction of sp³-hybridized carbons (Fsp3) is 0.571. The summed E-state index contributed by atoms with van der Waals surface area (Å²) in [5, 5.41) is 5.23. The van der Waals surface area contributed by atoms with E-state index in [9.17, 15) is 9.59 Å². The lowest BCUT2D eigenvalue weighted by Crippen LogP contribution is -2.33. The van der Waals surface area contributed by atoms with Crippen molar-refractivity contribution in [3.8, 4) is 0 Å². The number of hydrogen-bond acceptors (Lipinski definition) is 3. The van der Waals surface area contributed by atoms with Gasteiger partial charge in [0.15, 0.2) is 0 Å². The fourth-order valence-electron chi connectivity index (χ4n) is 1.58. The number of carbonyl (C=O) groups excluding carboxylic acids is 1. The lowest BCUT2D eigenvalue weighted by atomic mass is 10.4. The summed E-state index contributed by atoms with van der Waals surface area (Å²) in [6, 6.07) is 2.91. The summed E-state index contributed by atoms with van der Waals surface area (Å²) in [6.07, 6.45) is 4.57. The Hall–Kier alpha value is -1.82. The molecule has 1 aromatic rings. The Kier molecular flexibility index (Phi) is 7.42. The van der Waals surface area contributed by atoms with Gasteiger partial charge in [0, 0.05) is 33.0 Å². The van der Waals surface area contributed by atoms with Crippen LogP contribution in [0.2, 0.25) is 0 Å². The highest BCUT2D eigenvalue weighted by atomic mass is 16.5. The first kappa shape index (κ1) is 16.2. The van der Waals surface area contributed by atoms with Crippen molar-refractivity contribution in [1.29, 1.82) is 0 Å². The summed E-state index contributed by atoms with van der Waals surface area (Å²) in [5.41, 5.74) is 0.0391. The molecule has 0 saturated carbocycles. The highest BCUT2D eigenvalue weighted by Gasteiger charge is 2.05. The third-order valence-corrected chi connectivity index (χ3v) is 2.76. The summed E-state index contributed by atoms with van der Waals surface area (Å²) in [6.45, 7) is 4.03. The van der Waals surface area contributed by atoms with Gasteiger partial charge in [0.1, 0.15) is 5.69 Å². The number of rotatable bonds is 8. The van der Waals surface area contributed by atoms with Crippen LogP contribution in [-0.2, 0) is 11.8 Å². The molecular weight excluding hydrogens is 258 g/mol. The summed E-state index contributed by atoms with van der Waals surface area (Å²) < 4.78 is 6.80. The minimum atomic E-state index is -0.373. The first-order valence-electron chi connectivity index (χ1n) is 6.93. The summed E-state index contributed by atoms with van der Waals surface area (Å²) in [7, 11) is 1.64. The number of carbonyl (C=O) groups is 1. The molecule has 0 aliphatic heterocycles. The van der Waals surface area contributed by atoms with Crippen LogP contribution in [0.15, 0.2) is 23.1 Å². The number of hydrogen-bond donors (Lipinski definition) is 2. The van der Waals surface area contributed by atoms with Gasteiger partial charge in [0.05, 0.1) is 0 Å². The second-order valence-corrected chi connectivity index (χ2v) is 4.54. The molecule has 0 radical (unpaired) electrons. The average molecular weight is 281 g/mol. The molecule has 0 fully saturated rings. The van der Waals surface area contributed by atoms with E-state index >= 15 is 0 Å². The van der Waals surface area contributed by atoms with Crippen LogP contribution in [0.5, 0.6) is 0 Å². The number of pyridine rings is 1. The lowest BCUT2D eigenvalue weighted by Gasteiger charge is -2.08. The largest absolute Gasteiger partial charge is 0.381 e. The number of ether oxygens (including phenoxy) is 1. The molecule has 2 amide bonds. The molecule has 0 unspecified atom stereocenters. The second kappa shape index (κ2) is 9.14. The van der Waals surface area contributed by atoms with E-state index in [0.29, 0.717) is 13.2 Å². The standard InChI is InChI=1S/C14H23N3O3/c1-3-4-10-20-11-6-8-15-14(19)16-12-7-5-9-17(2)13(12)18/h5,7,9H,3-4,6,8,10-11H2,1-2H3,(H2,15,16,19). The molecule has 0 saturated heterocycles. The van der Waals surface area contributed by atoms with Crippen LogP contribution in [0.3, 0.4) is 0 Å². The van der Waals surface area contributed by atoms with E-state index in [1.807, 2.05) is 0 Å². The van der Waals surface area contributed by atoms with Crippen LogP contribution in [0, 0.1) is 0 Å². The summed E-state index contributed by atoms with van der Waals surface area (Å²) >= 11 is 0. The van der Waals surface area contributed by atoms with Crippen LogP contribution >= 0.6 is 0 Å². The Labute approximate surface area is 119 Å². The van der Waals surface area contributed by atoms with Crippen LogP contribution in [0.1, 0.15) is 26.2 Å². The molecule has 0 aromatic carbocycles. The van der Waals surface area contributed by atoms with Crippen molar-refractivity contribution in [3.63, 3.8) is 0 Å². The number of amides is 2. The fourth-order valence-corrected chi connectivity index (χ4v) is 1.58. The number of urea groups is 1. The zero-order valence-electron chi connectivity index (χ0n) is 12.1. The Bertz CT molecular complexity index is 471. The van der Waals surface area contributed by atoms with Crippen molar-refractivity contribution in [2.45, 2.75) is 26.2 Å². The molecule has 112 valence electrons. The average Bonchev–Trinajstić information content (AvgIpc) is 2.43. The second-order valence-electron chi connectivity index (χ2n) is 4.54. The van der Waals surface area contributed by atoms with Gasteiger partial charge in [-0.15, -0.1) is 0 Å². The maximum Gasteiger partial charge on any atom is 0.319 e. The molecular formula is C14H23N3O3. The SMILES string of the molecule is CCCCOCCCNC(=O)Nc1cccn(C)c1=O. The molecule has 0 spiro atoms. The maximum atomic E-state index is 11.7. The molecule has 2 N–H and O–H groups in total. The monoisotopic (exact) mass is 281 g/mol. The molecule has 6 nitrogen and oxygen atoms in total. The Balaban J connectivity index is 2.21. The normalized spacial score (nSPS) is 10.3. The van der Waals surface area contributed by atoms with E-state index in [2.05, 4.69) is 17.6 Å². The highest BCUT2D eigenvalue weighted by Crippen LogP contribution is 1.97. The summed E-state index contributed by atoms with van der Waals surface area (Å²) in [4.78, 5) is 23.3. The molecule has 6 heteroatoms. The quantitative estimate of drug-likeness (QED) is 0.713. The predicted molar refractivity (Wildman–Crippen MR) is 79.0 cm³/mol. The third kappa shape index (κ3) is 5.88.